The molecule has 0 aliphatic carbocycles. The summed E-state index contributed by atoms with van der Waals surface area (Å²) >= 11 is 0. The Morgan fingerprint density at radius 3 is 2.68 bits per heavy atom. The molecule has 19 heavy (non-hydrogen) atoms. The van der Waals surface area contributed by atoms with Crippen molar-refractivity contribution in [1.29, 1.82) is 0 Å². The Hall–Kier alpha value is -1.75. The maximum absolute atomic E-state index is 6.19. The maximum atomic E-state index is 6.19. The molecule has 0 spiro atoms. The Morgan fingerprint density at radius 2 is 2.00 bits per heavy atom. The van der Waals surface area contributed by atoms with E-state index in [1.165, 1.54) is 0 Å². The zero-order valence-corrected chi connectivity index (χ0v) is 12.0. The van der Waals surface area contributed by atoms with Crippen LogP contribution in [0.2, 0.25) is 0 Å². The van der Waals surface area contributed by atoms with E-state index < -0.39 is 0 Å². The van der Waals surface area contributed by atoms with Crippen LogP contribution in [-0.2, 0) is 0 Å². The van der Waals surface area contributed by atoms with E-state index in [1.807, 2.05) is 6.07 Å². The molecule has 0 atom stereocenters. The summed E-state index contributed by atoms with van der Waals surface area (Å²) in [4.78, 5) is 4.53. The fourth-order valence-electron chi connectivity index (χ4n) is 2.21. The molecule has 0 radical (unpaired) electrons. The van der Waals surface area contributed by atoms with Crippen LogP contribution in [0, 0.1) is 0 Å². The molecule has 0 bridgehead atoms. The molecule has 2 rings (SSSR count). The molecular weight excluding hydrogens is 238 g/mol. The van der Waals surface area contributed by atoms with E-state index in [-0.39, 0.29) is 0 Å². The van der Waals surface area contributed by atoms with Crippen LogP contribution in [0.1, 0.15) is 13.3 Å². The lowest BCUT2D eigenvalue weighted by molar-refractivity contribution is 0.413. The summed E-state index contributed by atoms with van der Waals surface area (Å²) in [6.45, 7) is 5.19. The zero-order valence-electron chi connectivity index (χ0n) is 12.0. The van der Waals surface area contributed by atoms with Gasteiger partial charge in [0, 0.05) is 25.0 Å². The predicted octanol–water partition coefficient (Wildman–Crippen LogP) is 1.92. The normalized spacial score (nSPS) is 11.4. The van der Waals surface area contributed by atoms with Crippen molar-refractivity contribution in [3.63, 3.8) is 0 Å². The van der Waals surface area contributed by atoms with Gasteiger partial charge in [0.2, 0.25) is 0 Å². The van der Waals surface area contributed by atoms with E-state index in [4.69, 9.17) is 5.73 Å². The Bertz CT molecular complexity index is 532. The predicted molar refractivity (Wildman–Crippen MR) is 81.6 cm³/mol. The Labute approximate surface area is 114 Å². The third kappa shape index (κ3) is 3.17. The fourth-order valence-corrected chi connectivity index (χ4v) is 2.21. The van der Waals surface area contributed by atoms with E-state index in [0.29, 0.717) is 0 Å². The van der Waals surface area contributed by atoms with Crippen LogP contribution in [0.3, 0.4) is 0 Å². The molecule has 104 valence electrons. The number of H-pyrrole nitrogens is 1. The standard InChI is InChI=1S/C14H23N5/c1-4-5-19(7-6-18(2)3)14-9-13-11(8-12(14)15)10-16-17-13/h8-10H,4-7,15H2,1-3H3,(H,16,17). The van der Waals surface area contributed by atoms with Crippen molar-refractivity contribution in [3.05, 3.63) is 18.3 Å². The number of hydrogen-bond donors (Lipinski definition) is 2. The molecule has 0 aliphatic rings. The van der Waals surface area contributed by atoms with Crippen LogP contribution < -0.4 is 10.6 Å². The molecule has 0 aliphatic heterocycles. The Kier molecular flexibility index (Phi) is 4.27. The van der Waals surface area contributed by atoms with Crippen molar-refractivity contribution >= 4 is 22.3 Å². The molecular formula is C14H23N5. The lowest BCUT2D eigenvalue weighted by Crippen LogP contribution is -2.32. The minimum Gasteiger partial charge on any atom is -0.397 e. The van der Waals surface area contributed by atoms with Gasteiger partial charge in [-0.2, -0.15) is 5.10 Å². The van der Waals surface area contributed by atoms with Crippen molar-refractivity contribution < 1.29 is 0 Å². The third-order valence-corrected chi connectivity index (χ3v) is 3.24. The third-order valence-electron chi connectivity index (χ3n) is 3.24. The largest absolute Gasteiger partial charge is 0.397 e. The van der Waals surface area contributed by atoms with Gasteiger partial charge < -0.3 is 15.5 Å². The number of nitrogens with two attached hydrogens (primary N) is 1. The molecule has 0 saturated heterocycles. The summed E-state index contributed by atoms with van der Waals surface area (Å²) < 4.78 is 0. The quantitative estimate of drug-likeness (QED) is 0.780. The average molecular weight is 261 g/mol. The van der Waals surface area contributed by atoms with Crippen molar-refractivity contribution in [2.24, 2.45) is 0 Å². The lowest BCUT2D eigenvalue weighted by Gasteiger charge is -2.27. The van der Waals surface area contributed by atoms with Gasteiger partial charge in [0.25, 0.3) is 0 Å². The first-order chi connectivity index (χ1) is 9.11. The topological polar surface area (TPSA) is 61.2 Å². The van der Waals surface area contributed by atoms with Crippen LogP contribution in [0.4, 0.5) is 11.4 Å². The number of likely N-dealkylation sites (N-methyl/N-ethyl adjacent to an activating group) is 1. The molecule has 5 heteroatoms. The van der Waals surface area contributed by atoms with Gasteiger partial charge >= 0.3 is 0 Å². The average Bonchev–Trinajstić information content (AvgIpc) is 2.80. The first kappa shape index (κ1) is 13.7. The Balaban J connectivity index is 2.28. The summed E-state index contributed by atoms with van der Waals surface area (Å²) in [6, 6.07) is 4.09. The van der Waals surface area contributed by atoms with Gasteiger partial charge in [0.1, 0.15) is 0 Å². The van der Waals surface area contributed by atoms with Gasteiger partial charge in [0.15, 0.2) is 0 Å². The highest BCUT2D eigenvalue weighted by atomic mass is 15.2. The molecule has 5 nitrogen and oxygen atoms in total. The van der Waals surface area contributed by atoms with Crippen LogP contribution >= 0.6 is 0 Å². The highest BCUT2D eigenvalue weighted by molar-refractivity contribution is 5.88. The van der Waals surface area contributed by atoms with Crippen LogP contribution in [0.15, 0.2) is 18.3 Å². The van der Waals surface area contributed by atoms with Gasteiger partial charge in [-0.1, -0.05) is 6.92 Å². The second-order valence-electron chi connectivity index (χ2n) is 5.16. The SMILES string of the molecule is CCCN(CCN(C)C)c1cc2[nH]ncc2cc1N. The van der Waals surface area contributed by atoms with E-state index in [0.717, 1.165) is 48.3 Å². The second-order valence-corrected chi connectivity index (χ2v) is 5.16. The number of hydrogen-bond acceptors (Lipinski definition) is 4. The minimum atomic E-state index is 0.820. The van der Waals surface area contributed by atoms with Gasteiger partial charge in [-0.15, -0.1) is 0 Å². The summed E-state index contributed by atoms with van der Waals surface area (Å²) in [7, 11) is 4.18. The zero-order chi connectivity index (χ0) is 13.8. The number of aromatic amines is 1. The smallest absolute Gasteiger partial charge is 0.0672 e. The number of anilines is 2. The first-order valence-corrected chi connectivity index (χ1v) is 6.74. The van der Waals surface area contributed by atoms with Crippen molar-refractivity contribution in [1.82, 2.24) is 15.1 Å². The molecule has 1 heterocycles. The summed E-state index contributed by atoms with van der Waals surface area (Å²) in [6.07, 6.45) is 2.91. The highest BCUT2D eigenvalue weighted by Gasteiger charge is 2.11. The molecule has 2 aromatic rings. The van der Waals surface area contributed by atoms with Crippen molar-refractivity contribution in [2.45, 2.75) is 13.3 Å². The van der Waals surface area contributed by atoms with E-state index >= 15 is 0 Å². The van der Waals surface area contributed by atoms with E-state index in [2.05, 4.69) is 47.1 Å². The van der Waals surface area contributed by atoms with Gasteiger partial charge in [-0.25, -0.2) is 0 Å². The Morgan fingerprint density at radius 1 is 1.21 bits per heavy atom. The number of nitrogens with one attached hydrogen (secondary N) is 1. The number of nitrogens with zero attached hydrogens (tertiary/aromatic N) is 3. The van der Waals surface area contributed by atoms with Crippen molar-refractivity contribution in [3.8, 4) is 0 Å². The second kappa shape index (κ2) is 5.93. The highest BCUT2D eigenvalue weighted by Crippen LogP contribution is 2.28. The molecule has 1 aromatic carbocycles. The fraction of sp³-hybridized carbons (Fsp3) is 0.500. The minimum absolute atomic E-state index is 0.820. The summed E-state index contributed by atoms with van der Waals surface area (Å²) in [5.41, 5.74) is 9.14. The lowest BCUT2D eigenvalue weighted by atomic mass is 10.2. The number of nitrogen functional groups attached to an aromatic ring is 1. The molecule has 1 aromatic heterocycles. The first-order valence-electron chi connectivity index (χ1n) is 6.74. The van der Waals surface area contributed by atoms with Gasteiger partial charge in [-0.05, 0) is 32.6 Å². The number of rotatable bonds is 6. The number of benzene rings is 1. The number of aromatic nitrogens is 2. The van der Waals surface area contributed by atoms with Crippen LogP contribution in [0.5, 0.6) is 0 Å². The van der Waals surface area contributed by atoms with Crippen molar-refractivity contribution in [2.75, 3.05) is 44.4 Å². The van der Waals surface area contributed by atoms with Gasteiger partial charge in [-0.3, -0.25) is 5.10 Å². The van der Waals surface area contributed by atoms with E-state index in [1.54, 1.807) is 6.20 Å². The summed E-state index contributed by atoms with van der Waals surface area (Å²) in [5, 5.41) is 8.12. The molecule has 0 fully saturated rings. The molecule has 3 N–H and O–H groups in total. The molecule has 0 unspecified atom stereocenters. The monoisotopic (exact) mass is 261 g/mol. The molecule has 0 amide bonds. The molecule has 0 saturated carbocycles. The van der Waals surface area contributed by atoms with Gasteiger partial charge in [0.05, 0.1) is 23.1 Å². The van der Waals surface area contributed by atoms with Crippen LogP contribution in [0.25, 0.3) is 10.9 Å². The number of fused-ring (bicyclic) bond motifs is 1. The maximum Gasteiger partial charge on any atom is 0.0672 e. The van der Waals surface area contributed by atoms with Crippen LogP contribution in [-0.4, -0.2) is 48.8 Å². The van der Waals surface area contributed by atoms with E-state index in [9.17, 15) is 0 Å². The summed E-state index contributed by atoms with van der Waals surface area (Å²) in [5.74, 6) is 0.